The topological polar surface area (TPSA) is 34.1 Å². The van der Waals surface area contributed by atoms with Gasteiger partial charge in [-0.25, -0.2) is 4.98 Å². The number of nitrogens with one attached hydrogen (secondary N) is 1. The van der Waals surface area contributed by atoms with Crippen LogP contribution in [0.4, 0.5) is 0 Å². The Morgan fingerprint density at radius 2 is 2.18 bits per heavy atom. The highest BCUT2D eigenvalue weighted by molar-refractivity contribution is 6.31. The van der Waals surface area contributed by atoms with Gasteiger partial charge in [-0.05, 0) is 36.9 Å². The lowest BCUT2D eigenvalue weighted by Crippen LogP contribution is -2.04. The smallest absolute Gasteiger partial charge is 0.238 e. The van der Waals surface area contributed by atoms with Crippen LogP contribution in [0.3, 0.4) is 0 Å². The minimum absolute atomic E-state index is 0.427. The third-order valence-electron chi connectivity index (χ3n) is 2.22. The van der Waals surface area contributed by atoms with E-state index in [9.17, 15) is 0 Å². The number of benzene rings is 1. The molecule has 0 aliphatic carbocycles. The first-order chi connectivity index (χ1) is 8.29. The molecule has 0 spiro atoms. The number of rotatable bonds is 4. The SMILES string of the molecule is CNCc1cccc(Oc2ncccc2Cl)c1. The summed E-state index contributed by atoms with van der Waals surface area (Å²) in [6.07, 6.45) is 1.65. The van der Waals surface area contributed by atoms with E-state index < -0.39 is 0 Å². The van der Waals surface area contributed by atoms with Crippen molar-refractivity contribution in [3.63, 3.8) is 0 Å². The molecule has 1 heterocycles. The van der Waals surface area contributed by atoms with E-state index in [0.717, 1.165) is 17.9 Å². The van der Waals surface area contributed by atoms with Crippen LogP contribution in [0.1, 0.15) is 5.56 Å². The van der Waals surface area contributed by atoms with Crippen LogP contribution < -0.4 is 10.1 Å². The highest BCUT2D eigenvalue weighted by Gasteiger charge is 2.03. The van der Waals surface area contributed by atoms with E-state index in [1.807, 2.05) is 31.3 Å². The molecule has 0 atom stereocenters. The maximum atomic E-state index is 5.98. The number of aromatic nitrogens is 1. The van der Waals surface area contributed by atoms with Crippen LogP contribution >= 0.6 is 11.6 Å². The van der Waals surface area contributed by atoms with Crippen molar-refractivity contribution in [1.82, 2.24) is 10.3 Å². The molecule has 2 rings (SSSR count). The Morgan fingerprint density at radius 1 is 1.29 bits per heavy atom. The lowest BCUT2D eigenvalue weighted by Gasteiger charge is -2.07. The lowest BCUT2D eigenvalue weighted by atomic mass is 10.2. The fourth-order valence-corrected chi connectivity index (χ4v) is 1.64. The fourth-order valence-electron chi connectivity index (χ4n) is 1.48. The van der Waals surface area contributed by atoms with Crippen molar-refractivity contribution in [2.45, 2.75) is 6.54 Å². The van der Waals surface area contributed by atoms with Gasteiger partial charge in [0, 0.05) is 12.7 Å². The third kappa shape index (κ3) is 3.19. The van der Waals surface area contributed by atoms with Gasteiger partial charge in [0.15, 0.2) is 0 Å². The summed E-state index contributed by atoms with van der Waals surface area (Å²) in [5.74, 6) is 1.16. The van der Waals surface area contributed by atoms with Gasteiger partial charge in [0.2, 0.25) is 5.88 Å². The molecule has 3 nitrogen and oxygen atoms in total. The number of hydrogen-bond donors (Lipinski definition) is 1. The zero-order valence-electron chi connectivity index (χ0n) is 9.48. The van der Waals surface area contributed by atoms with E-state index in [1.54, 1.807) is 18.3 Å². The lowest BCUT2D eigenvalue weighted by molar-refractivity contribution is 0.462. The summed E-state index contributed by atoms with van der Waals surface area (Å²) in [5, 5.41) is 3.60. The summed E-state index contributed by atoms with van der Waals surface area (Å²) in [5.41, 5.74) is 1.15. The maximum Gasteiger partial charge on any atom is 0.238 e. The molecular weight excluding hydrogens is 236 g/mol. The van der Waals surface area contributed by atoms with E-state index >= 15 is 0 Å². The molecule has 0 amide bonds. The zero-order chi connectivity index (χ0) is 12.1. The fraction of sp³-hybridized carbons (Fsp3) is 0.154. The third-order valence-corrected chi connectivity index (χ3v) is 2.51. The monoisotopic (exact) mass is 248 g/mol. The minimum Gasteiger partial charge on any atom is -0.438 e. The molecule has 0 saturated heterocycles. The van der Waals surface area contributed by atoms with Crippen LogP contribution in [0.25, 0.3) is 0 Å². The normalized spacial score (nSPS) is 10.2. The van der Waals surface area contributed by atoms with Gasteiger partial charge in [0.1, 0.15) is 10.8 Å². The number of ether oxygens (including phenoxy) is 1. The van der Waals surface area contributed by atoms with E-state index in [4.69, 9.17) is 16.3 Å². The van der Waals surface area contributed by atoms with Crippen LogP contribution in [-0.2, 0) is 6.54 Å². The summed E-state index contributed by atoms with van der Waals surface area (Å²) < 4.78 is 5.63. The molecule has 17 heavy (non-hydrogen) atoms. The Balaban J connectivity index is 2.18. The maximum absolute atomic E-state index is 5.98. The average Bonchev–Trinajstić information content (AvgIpc) is 2.33. The summed E-state index contributed by atoms with van der Waals surface area (Å²) in [6, 6.07) is 11.3. The first kappa shape index (κ1) is 11.9. The molecular formula is C13H13ClN2O. The Morgan fingerprint density at radius 3 is 2.94 bits per heavy atom. The van der Waals surface area contributed by atoms with Gasteiger partial charge >= 0.3 is 0 Å². The molecule has 1 N–H and O–H groups in total. The van der Waals surface area contributed by atoms with Crippen molar-refractivity contribution in [1.29, 1.82) is 0 Å². The van der Waals surface area contributed by atoms with Gasteiger partial charge in [0.05, 0.1) is 0 Å². The molecule has 1 aromatic heterocycles. The van der Waals surface area contributed by atoms with E-state index in [0.29, 0.717) is 10.9 Å². The predicted octanol–water partition coefficient (Wildman–Crippen LogP) is 3.25. The molecule has 0 bridgehead atoms. The summed E-state index contributed by atoms with van der Waals surface area (Å²) >= 11 is 5.98. The van der Waals surface area contributed by atoms with E-state index in [2.05, 4.69) is 10.3 Å². The van der Waals surface area contributed by atoms with Crippen LogP contribution in [-0.4, -0.2) is 12.0 Å². The minimum atomic E-state index is 0.427. The van der Waals surface area contributed by atoms with Gasteiger partial charge in [-0.3, -0.25) is 0 Å². The second-order valence-corrected chi connectivity index (χ2v) is 3.98. The number of pyridine rings is 1. The summed E-state index contributed by atoms with van der Waals surface area (Å²) in [6.45, 7) is 0.799. The molecule has 1 aromatic carbocycles. The van der Waals surface area contributed by atoms with Crippen LogP contribution in [0.15, 0.2) is 42.6 Å². The average molecular weight is 249 g/mol. The second kappa shape index (κ2) is 5.66. The summed E-state index contributed by atoms with van der Waals surface area (Å²) in [4.78, 5) is 4.08. The number of halogens is 1. The largest absolute Gasteiger partial charge is 0.438 e. The Bertz CT molecular complexity index is 502. The number of nitrogens with zero attached hydrogens (tertiary/aromatic N) is 1. The molecule has 0 radical (unpaired) electrons. The first-order valence-corrected chi connectivity index (χ1v) is 5.69. The van der Waals surface area contributed by atoms with Gasteiger partial charge in [-0.2, -0.15) is 0 Å². The number of hydrogen-bond acceptors (Lipinski definition) is 3. The molecule has 88 valence electrons. The van der Waals surface area contributed by atoms with Gasteiger partial charge < -0.3 is 10.1 Å². The van der Waals surface area contributed by atoms with Crippen molar-refractivity contribution >= 4 is 11.6 Å². The Hall–Kier alpha value is -1.58. The van der Waals surface area contributed by atoms with Crippen LogP contribution in [0.5, 0.6) is 11.6 Å². The first-order valence-electron chi connectivity index (χ1n) is 5.31. The standard InChI is InChI=1S/C13H13ClN2O/c1-15-9-10-4-2-5-11(8-10)17-13-12(14)6-3-7-16-13/h2-8,15H,9H2,1H3. The predicted molar refractivity (Wildman–Crippen MR) is 68.5 cm³/mol. The van der Waals surface area contributed by atoms with Crippen molar-refractivity contribution in [3.8, 4) is 11.6 Å². The quantitative estimate of drug-likeness (QED) is 0.902. The molecule has 0 fully saturated rings. The second-order valence-electron chi connectivity index (χ2n) is 3.57. The van der Waals surface area contributed by atoms with Crippen LogP contribution in [0, 0.1) is 0 Å². The highest BCUT2D eigenvalue weighted by Crippen LogP contribution is 2.26. The molecule has 2 aromatic rings. The molecule has 4 heteroatoms. The van der Waals surface area contributed by atoms with Gasteiger partial charge in [-0.15, -0.1) is 0 Å². The zero-order valence-corrected chi connectivity index (χ0v) is 10.2. The van der Waals surface area contributed by atoms with Gasteiger partial charge in [-0.1, -0.05) is 23.7 Å². The van der Waals surface area contributed by atoms with E-state index in [1.165, 1.54) is 0 Å². The van der Waals surface area contributed by atoms with Crippen LogP contribution in [0.2, 0.25) is 5.02 Å². The van der Waals surface area contributed by atoms with Gasteiger partial charge in [0.25, 0.3) is 0 Å². The molecule has 0 aliphatic heterocycles. The Kier molecular flexibility index (Phi) is 3.96. The van der Waals surface area contributed by atoms with Crippen molar-refractivity contribution in [2.24, 2.45) is 0 Å². The summed E-state index contributed by atoms with van der Waals surface area (Å²) in [7, 11) is 1.91. The molecule has 0 aliphatic rings. The van der Waals surface area contributed by atoms with Crippen molar-refractivity contribution in [3.05, 3.63) is 53.2 Å². The molecule has 0 saturated carbocycles. The molecule has 0 unspecified atom stereocenters. The van der Waals surface area contributed by atoms with E-state index in [-0.39, 0.29) is 0 Å². The van der Waals surface area contributed by atoms with Crippen molar-refractivity contribution < 1.29 is 4.74 Å². The highest BCUT2D eigenvalue weighted by atomic mass is 35.5. The van der Waals surface area contributed by atoms with Crippen molar-refractivity contribution in [2.75, 3.05) is 7.05 Å². The Labute approximate surface area is 105 Å².